The van der Waals surface area contributed by atoms with Crippen molar-refractivity contribution in [1.82, 2.24) is 10.2 Å². The van der Waals surface area contributed by atoms with Gasteiger partial charge in [-0.1, -0.05) is 12.1 Å². The van der Waals surface area contributed by atoms with Gasteiger partial charge < -0.3 is 4.90 Å². The van der Waals surface area contributed by atoms with Gasteiger partial charge in [0.1, 0.15) is 12.0 Å². The van der Waals surface area contributed by atoms with Gasteiger partial charge >= 0.3 is 0 Å². The van der Waals surface area contributed by atoms with Crippen molar-refractivity contribution in [3.05, 3.63) is 35.6 Å². The predicted molar refractivity (Wildman–Crippen MR) is 78.9 cm³/mol. The van der Waals surface area contributed by atoms with Crippen LogP contribution in [-0.4, -0.2) is 34.4 Å². The van der Waals surface area contributed by atoms with Gasteiger partial charge in [0.2, 0.25) is 5.91 Å². The number of carbonyl (C=O) groups is 1. The second-order valence-corrected chi connectivity index (χ2v) is 6.88. The first kappa shape index (κ1) is 13.9. The standard InChI is InChI=1S/C15H19FN2OS/c1-10-15(19)18(9-13-6-3-7-20-13)14(17-10)11-4-2-5-12(16)8-11/h2,4-5,8,10,13-14,17H,3,6-7,9H2,1H3. The highest BCUT2D eigenvalue weighted by Crippen LogP contribution is 2.32. The topological polar surface area (TPSA) is 32.3 Å². The van der Waals surface area contributed by atoms with Gasteiger partial charge in [0, 0.05) is 11.8 Å². The van der Waals surface area contributed by atoms with Gasteiger partial charge in [-0.3, -0.25) is 10.1 Å². The lowest BCUT2D eigenvalue weighted by molar-refractivity contribution is -0.129. The SMILES string of the molecule is CC1NC(c2cccc(F)c2)N(CC2CCCS2)C1=O. The molecule has 2 aliphatic heterocycles. The van der Waals surface area contributed by atoms with Crippen LogP contribution < -0.4 is 5.32 Å². The van der Waals surface area contributed by atoms with E-state index in [4.69, 9.17) is 0 Å². The van der Waals surface area contributed by atoms with E-state index >= 15 is 0 Å². The minimum Gasteiger partial charge on any atom is -0.320 e. The van der Waals surface area contributed by atoms with Gasteiger partial charge in [-0.05, 0) is 43.2 Å². The number of nitrogens with one attached hydrogen (secondary N) is 1. The molecule has 0 aliphatic carbocycles. The van der Waals surface area contributed by atoms with E-state index in [1.165, 1.54) is 30.7 Å². The van der Waals surface area contributed by atoms with E-state index in [9.17, 15) is 9.18 Å². The van der Waals surface area contributed by atoms with Gasteiger partial charge in [0.25, 0.3) is 0 Å². The Kier molecular flexibility index (Phi) is 3.98. The van der Waals surface area contributed by atoms with Crippen molar-refractivity contribution >= 4 is 17.7 Å². The predicted octanol–water partition coefficient (Wildman–Crippen LogP) is 2.54. The second-order valence-electron chi connectivity index (χ2n) is 5.47. The first-order valence-corrected chi connectivity index (χ1v) is 8.13. The summed E-state index contributed by atoms with van der Waals surface area (Å²) >= 11 is 1.94. The summed E-state index contributed by atoms with van der Waals surface area (Å²) in [5.74, 6) is 1.04. The van der Waals surface area contributed by atoms with Gasteiger partial charge in [0.05, 0.1) is 6.04 Å². The Morgan fingerprint density at radius 3 is 3.05 bits per heavy atom. The number of halogens is 1. The molecule has 108 valence electrons. The third kappa shape index (κ3) is 2.69. The molecular formula is C15H19FN2OS. The molecule has 1 amide bonds. The first-order valence-electron chi connectivity index (χ1n) is 7.09. The van der Waals surface area contributed by atoms with E-state index in [1.54, 1.807) is 6.07 Å². The third-order valence-electron chi connectivity index (χ3n) is 3.96. The smallest absolute Gasteiger partial charge is 0.241 e. The molecule has 2 saturated heterocycles. The molecule has 20 heavy (non-hydrogen) atoms. The van der Waals surface area contributed by atoms with Gasteiger partial charge in [-0.25, -0.2) is 4.39 Å². The van der Waals surface area contributed by atoms with Crippen molar-refractivity contribution in [1.29, 1.82) is 0 Å². The second kappa shape index (κ2) is 5.74. The zero-order valence-electron chi connectivity index (χ0n) is 11.5. The van der Waals surface area contributed by atoms with Crippen LogP contribution in [0.15, 0.2) is 24.3 Å². The molecule has 3 atom stereocenters. The maximum absolute atomic E-state index is 13.4. The average Bonchev–Trinajstić information content (AvgIpc) is 3.03. The van der Waals surface area contributed by atoms with E-state index in [2.05, 4.69) is 5.32 Å². The fraction of sp³-hybridized carbons (Fsp3) is 0.533. The van der Waals surface area contributed by atoms with E-state index in [0.717, 1.165) is 12.1 Å². The molecular weight excluding hydrogens is 275 g/mol. The van der Waals surface area contributed by atoms with Gasteiger partial charge in [-0.15, -0.1) is 0 Å². The maximum atomic E-state index is 13.4. The Morgan fingerprint density at radius 2 is 2.35 bits per heavy atom. The fourth-order valence-electron chi connectivity index (χ4n) is 2.93. The molecule has 1 N–H and O–H groups in total. The number of rotatable bonds is 3. The minimum absolute atomic E-state index is 0.117. The highest BCUT2D eigenvalue weighted by atomic mass is 32.2. The molecule has 3 unspecified atom stereocenters. The number of carbonyl (C=O) groups excluding carboxylic acids is 1. The molecule has 0 saturated carbocycles. The zero-order chi connectivity index (χ0) is 14.1. The Hall–Kier alpha value is -1.07. The molecule has 0 aromatic heterocycles. The molecule has 3 nitrogen and oxygen atoms in total. The van der Waals surface area contributed by atoms with Crippen molar-refractivity contribution in [3.63, 3.8) is 0 Å². The largest absolute Gasteiger partial charge is 0.320 e. The molecule has 0 radical (unpaired) electrons. The van der Waals surface area contributed by atoms with E-state index in [-0.39, 0.29) is 23.9 Å². The van der Waals surface area contributed by atoms with Crippen LogP contribution in [0, 0.1) is 5.82 Å². The van der Waals surface area contributed by atoms with Gasteiger partial charge in [0.15, 0.2) is 0 Å². The normalized spacial score (nSPS) is 30.2. The van der Waals surface area contributed by atoms with Crippen LogP contribution in [0.5, 0.6) is 0 Å². The van der Waals surface area contributed by atoms with Crippen molar-refractivity contribution in [2.24, 2.45) is 0 Å². The van der Waals surface area contributed by atoms with Gasteiger partial charge in [-0.2, -0.15) is 11.8 Å². The summed E-state index contributed by atoms with van der Waals surface area (Å²) in [7, 11) is 0. The van der Waals surface area contributed by atoms with Crippen LogP contribution in [0.4, 0.5) is 4.39 Å². The molecule has 1 aromatic rings. The summed E-state index contributed by atoms with van der Waals surface area (Å²) in [4.78, 5) is 14.2. The highest BCUT2D eigenvalue weighted by molar-refractivity contribution is 8.00. The summed E-state index contributed by atoms with van der Waals surface area (Å²) in [6.45, 7) is 2.62. The molecule has 2 heterocycles. The molecule has 2 aliphatic rings. The Bertz CT molecular complexity index is 504. The monoisotopic (exact) mass is 294 g/mol. The maximum Gasteiger partial charge on any atom is 0.241 e. The van der Waals surface area contributed by atoms with Crippen LogP contribution in [0.1, 0.15) is 31.5 Å². The molecule has 0 spiro atoms. The summed E-state index contributed by atoms with van der Waals surface area (Å²) in [5, 5.41) is 3.79. The van der Waals surface area contributed by atoms with Crippen LogP contribution in [0.3, 0.4) is 0 Å². The first-order chi connectivity index (χ1) is 9.65. The number of thioether (sulfide) groups is 1. The molecule has 2 fully saturated rings. The molecule has 1 aromatic carbocycles. The van der Waals surface area contributed by atoms with Crippen LogP contribution in [0.2, 0.25) is 0 Å². The quantitative estimate of drug-likeness (QED) is 0.930. The van der Waals surface area contributed by atoms with Crippen molar-refractivity contribution in [3.8, 4) is 0 Å². The summed E-state index contributed by atoms with van der Waals surface area (Å²) in [5.41, 5.74) is 0.825. The lowest BCUT2D eigenvalue weighted by Gasteiger charge is -2.27. The van der Waals surface area contributed by atoms with Crippen molar-refractivity contribution in [2.75, 3.05) is 12.3 Å². The highest BCUT2D eigenvalue weighted by Gasteiger charge is 2.38. The van der Waals surface area contributed by atoms with E-state index in [0.29, 0.717) is 5.25 Å². The Morgan fingerprint density at radius 1 is 1.50 bits per heavy atom. The number of nitrogens with zero attached hydrogens (tertiary/aromatic N) is 1. The van der Waals surface area contributed by atoms with Crippen LogP contribution in [0.25, 0.3) is 0 Å². The number of amides is 1. The Balaban J connectivity index is 1.81. The third-order valence-corrected chi connectivity index (χ3v) is 5.34. The van der Waals surface area contributed by atoms with Crippen molar-refractivity contribution in [2.45, 2.75) is 37.2 Å². The van der Waals surface area contributed by atoms with Crippen LogP contribution >= 0.6 is 11.8 Å². The molecule has 0 bridgehead atoms. The fourth-order valence-corrected chi connectivity index (χ4v) is 4.20. The summed E-state index contributed by atoms with van der Waals surface area (Å²) in [6, 6.07) is 6.32. The lowest BCUT2D eigenvalue weighted by atomic mass is 10.1. The molecule has 3 rings (SSSR count). The molecule has 5 heteroatoms. The number of benzene rings is 1. The minimum atomic E-state index is -0.258. The number of hydrogen-bond donors (Lipinski definition) is 1. The lowest BCUT2D eigenvalue weighted by Crippen LogP contribution is -2.35. The Labute approximate surface area is 122 Å². The van der Waals surface area contributed by atoms with E-state index < -0.39 is 0 Å². The summed E-state index contributed by atoms with van der Waals surface area (Å²) in [6.07, 6.45) is 2.19. The van der Waals surface area contributed by atoms with Crippen molar-refractivity contribution < 1.29 is 9.18 Å². The summed E-state index contributed by atoms with van der Waals surface area (Å²) < 4.78 is 13.4. The van der Waals surface area contributed by atoms with Crippen LogP contribution in [-0.2, 0) is 4.79 Å². The number of hydrogen-bond acceptors (Lipinski definition) is 3. The average molecular weight is 294 g/mol. The van der Waals surface area contributed by atoms with E-state index in [1.807, 2.05) is 29.7 Å². The zero-order valence-corrected chi connectivity index (χ0v) is 12.3.